The number of hydrogen-bond acceptors (Lipinski definition) is 2. The average molecular weight is 324 g/mol. The third-order valence-corrected chi connectivity index (χ3v) is 3.89. The first-order chi connectivity index (χ1) is 11.7. The van der Waals surface area contributed by atoms with Crippen LogP contribution in [0.5, 0.6) is 0 Å². The van der Waals surface area contributed by atoms with Crippen LogP contribution in [0.1, 0.15) is 26.7 Å². The lowest BCUT2D eigenvalue weighted by molar-refractivity contribution is -0.119. The summed E-state index contributed by atoms with van der Waals surface area (Å²) < 4.78 is 0. The summed E-state index contributed by atoms with van der Waals surface area (Å²) in [6.45, 7) is 4.64. The van der Waals surface area contributed by atoms with Crippen LogP contribution in [0.3, 0.4) is 0 Å². The first-order valence-corrected chi connectivity index (χ1v) is 8.38. The van der Waals surface area contributed by atoms with Gasteiger partial charge in [-0.15, -0.1) is 0 Å². The van der Waals surface area contributed by atoms with E-state index in [2.05, 4.69) is 0 Å². The highest BCUT2D eigenvalue weighted by Crippen LogP contribution is 2.18. The Bertz CT molecular complexity index is 596. The highest BCUT2D eigenvalue weighted by molar-refractivity contribution is 5.95. The van der Waals surface area contributed by atoms with Gasteiger partial charge in [0.25, 0.3) is 0 Å². The molecule has 4 heteroatoms. The van der Waals surface area contributed by atoms with Gasteiger partial charge < -0.3 is 9.80 Å². The zero-order valence-electron chi connectivity index (χ0n) is 14.3. The molecule has 0 bridgehead atoms. The van der Waals surface area contributed by atoms with Gasteiger partial charge in [-0.1, -0.05) is 50.2 Å². The number of carbonyl (C=O) groups is 2. The van der Waals surface area contributed by atoms with Gasteiger partial charge in [0.15, 0.2) is 0 Å². The molecule has 2 aromatic rings. The molecule has 0 unspecified atom stereocenters. The minimum atomic E-state index is 0.0539. The number of rotatable bonds is 7. The summed E-state index contributed by atoms with van der Waals surface area (Å²) >= 11 is 0. The van der Waals surface area contributed by atoms with Crippen LogP contribution in [0.2, 0.25) is 0 Å². The first kappa shape index (κ1) is 17.7. The summed E-state index contributed by atoms with van der Waals surface area (Å²) in [5, 5.41) is 0. The van der Waals surface area contributed by atoms with E-state index < -0.39 is 0 Å². The van der Waals surface area contributed by atoms with Crippen LogP contribution in [0, 0.1) is 0 Å². The molecule has 0 aromatic heterocycles. The highest BCUT2D eigenvalue weighted by Gasteiger charge is 2.18. The van der Waals surface area contributed by atoms with Crippen LogP contribution >= 0.6 is 0 Å². The van der Waals surface area contributed by atoms with Crippen LogP contribution < -0.4 is 9.80 Å². The molecule has 126 valence electrons. The smallest absolute Gasteiger partial charge is 0.226 e. The molecule has 4 nitrogen and oxygen atoms in total. The van der Waals surface area contributed by atoms with E-state index in [4.69, 9.17) is 0 Å². The summed E-state index contributed by atoms with van der Waals surface area (Å²) in [4.78, 5) is 28.1. The van der Waals surface area contributed by atoms with Gasteiger partial charge in [-0.3, -0.25) is 9.59 Å². The number of anilines is 2. The lowest BCUT2D eigenvalue weighted by Crippen LogP contribution is -2.41. The normalized spacial score (nSPS) is 10.2. The highest BCUT2D eigenvalue weighted by atomic mass is 16.2. The molecule has 0 fully saturated rings. The van der Waals surface area contributed by atoms with Gasteiger partial charge in [-0.05, 0) is 24.3 Å². The fourth-order valence-electron chi connectivity index (χ4n) is 2.59. The second kappa shape index (κ2) is 8.87. The molecule has 2 aromatic carbocycles. The van der Waals surface area contributed by atoms with E-state index in [0.29, 0.717) is 25.9 Å². The number of para-hydroxylation sites is 2. The molecule has 24 heavy (non-hydrogen) atoms. The van der Waals surface area contributed by atoms with Crippen LogP contribution in [0.4, 0.5) is 11.4 Å². The molecule has 0 atom stereocenters. The summed E-state index contributed by atoms with van der Waals surface area (Å²) in [7, 11) is 0. The molecule has 0 radical (unpaired) electrons. The van der Waals surface area contributed by atoms with E-state index in [1.54, 1.807) is 9.80 Å². The molecule has 0 aliphatic rings. The second-order valence-corrected chi connectivity index (χ2v) is 5.47. The number of nitrogens with zero attached hydrogens (tertiary/aromatic N) is 2. The molecule has 0 spiro atoms. The molecule has 2 rings (SSSR count). The first-order valence-electron chi connectivity index (χ1n) is 8.38. The topological polar surface area (TPSA) is 40.6 Å². The minimum Gasteiger partial charge on any atom is -0.311 e. The second-order valence-electron chi connectivity index (χ2n) is 5.47. The molecule has 0 aliphatic heterocycles. The van der Waals surface area contributed by atoms with Crippen molar-refractivity contribution in [3.63, 3.8) is 0 Å². The lowest BCUT2D eigenvalue weighted by atomic mass is 10.2. The van der Waals surface area contributed by atoms with Crippen LogP contribution in [0.15, 0.2) is 60.7 Å². The van der Waals surface area contributed by atoms with E-state index >= 15 is 0 Å². The molecule has 0 aliphatic carbocycles. The lowest BCUT2D eigenvalue weighted by Gasteiger charge is -2.28. The third-order valence-electron chi connectivity index (χ3n) is 3.89. The van der Waals surface area contributed by atoms with Crippen LogP contribution in [0.25, 0.3) is 0 Å². The van der Waals surface area contributed by atoms with Gasteiger partial charge in [0, 0.05) is 37.3 Å². The standard InChI is InChI=1S/C20H24N2O2/c1-3-19(23)21(17-11-7-5-8-12-17)15-16-22(20(24)4-2)18-13-9-6-10-14-18/h5-14H,3-4,15-16H2,1-2H3. The average Bonchev–Trinajstić information content (AvgIpc) is 2.65. The van der Waals surface area contributed by atoms with E-state index in [1.165, 1.54) is 0 Å². The Morgan fingerprint density at radius 3 is 1.29 bits per heavy atom. The zero-order chi connectivity index (χ0) is 17.4. The maximum atomic E-state index is 12.3. The Balaban J connectivity index is 2.19. The molecular formula is C20H24N2O2. The van der Waals surface area contributed by atoms with Crippen LogP contribution in [-0.2, 0) is 9.59 Å². The van der Waals surface area contributed by atoms with Crippen molar-refractivity contribution in [2.75, 3.05) is 22.9 Å². The van der Waals surface area contributed by atoms with Crippen molar-refractivity contribution in [2.45, 2.75) is 26.7 Å². The predicted octanol–water partition coefficient (Wildman–Crippen LogP) is 3.87. The quantitative estimate of drug-likeness (QED) is 0.775. The fourth-order valence-corrected chi connectivity index (χ4v) is 2.59. The van der Waals surface area contributed by atoms with Gasteiger partial charge in [0.2, 0.25) is 11.8 Å². The summed E-state index contributed by atoms with van der Waals surface area (Å²) in [5.41, 5.74) is 1.72. The van der Waals surface area contributed by atoms with Crippen molar-refractivity contribution in [1.29, 1.82) is 0 Å². The van der Waals surface area contributed by atoms with Crippen LogP contribution in [-0.4, -0.2) is 24.9 Å². The molecule has 0 heterocycles. The molecule has 0 saturated carbocycles. The number of hydrogen-bond donors (Lipinski definition) is 0. The maximum absolute atomic E-state index is 12.3. The molecule has 0 N–H and O–H groups in total. The molecule has 2 amide bonds. The Kier molecular flexibility index (Phi) is 6.55. The van der Waals surface area contributed by atoms with Crippen molar-refractivity contribution in [1.82, 2.24) is 0 Å². The maximum Gasteiger partial charge on any atom is 0.226 e. The van der Waals surface area contributed by atoms with E-state index in [0.717, 1.165) is 11.4 Å². The number of amides is 2. The van der Waals surface area contributed by atoms with Crippen molar-refractivity contribution in [2.24, 2.45) is 0 Å². The Hall–Kier alpha value is -2.62. The Labute approximate surface area is 143 Å². The van der Waals surface area contributed by atoms with Gasteiger partial charge in [-0.25, -0.2) is 0 Å². The van der Waals surface area contributed by atoms with Gasteiger partial charge in [-0.2, -0.15) is 0 Å². The van der Waals surface area contributed by atoms with Crippen molar-refractivity contribution >= 4 is 23.2 Å². The SMILES string of the molecule is CCC(=O)N(CCN(C(=O)CC)c1ccccc1)c1ccccc1. The fraction of sp³-hybridized carbons (Fsp3) is 0.300. The van der Waals surface area contributed by atoms with Gasteiger partial charge in [0.05, 0.1) is 0 Å². The van der Waals surface area contributed by atoms with Gasteiger partial charge in [0.1, 0.15) is 0 Å². The third kappa shape index (κ3) is 4.44. The molecule has 0 saturated heterocycles. The van der Waals surface area contributed by atoms with Crippen molar-refractivity contribution < 1.29 is 9.59 Å². The van der Waals surface area contributed by atoms with Crippen molar-refractivity contribution in [3.8, 4) is 0 Å². The summed E-state index contributed by atoms with van der Waals surface area (Å²) in [6, 6.07) is 19.2. The van der Waals surface area contributed by atoms with Gasteiger partial charge >= 0.3 is 0 Å². The van der Waals surface area contributed by atoms with E-state index in [1.807, 2.05) is 74.5 Å². The van der Waals surface area contributed by atoms with Crippen molar-refractivity contribution in [3.05, 3.63) is 60.7 Å². The Morgan fingerprint density at radius 2 is 1.00 bits per heavy atom. The Morgan fingerprint density at radius 1 is 0.667 bits per heavy atom. The van der Waals surface area contributed by atoms with E-state index in [9.17, 15) is 9.59 Å². The van der Waals surface area contributed by atoms with E-state index in [-0.39, 0.29) is 11.8 Å². The number of benzene rings is 2. The molecular weight excluding hydrogens is 300 g/mol. The summed E-state index contributed by atoms with van der Waals surface area (Å²) in [5.74, 6) is 0.108. The monoisotopic (exact) mass is 324 g/mol. The summed E-state index contributed by atoms with van der Waals surface area (Å²) in [6.07, 6.45) is 0.865. The largest absolute Gasteiger partial charge is 0.311 e. The number of carbonyl (C=O) groups excluding carboxylic acids is 2. The minimum absolute atomic E-state index is 0.0539. The predicted molar refractivity (Wildman–Crippen MR) is 98.2 cm³/mol. The zero-order valence-corrected chi connectivity index (χ0v) is 14.3.